The molecule has 0 spiro atoms. The predicted octanol–water partition coefficient (Wildman–Crippen LogP) is 4.40. The van der Waals surface area contributed by atoms with Crippen molar-refractivity contribution in [2.75, 3.05) is 32.9 Å². The molecule has 1 saturated heterocycles. The fourth-order valence-corrected chi connectivity index (χ4v) is 4.40. The van der Waals surface area contributed by atoms with E-state index in [4.69, 9.17) is 19.3 Å². The van der Waals surface area contributed by atoms with Gasteiger partial charge in [0.25, 0.3) is 0 Å². The molecule has 3 aromatic rings. The summed E-state index contributed by atoms with van der Waals surface area (Å²) < 4.78 is 33.1. The fourth-order valence-electron chi connectivity index (χ4n) is 4.40. The van der Waals surface area contributed by atoms with Crippen LogP contribution in [0.2, 0.25) is 0 Å². The van der Waals surface area contributed by atoms with Crippen molar-refractivity contribution in [2.24, 2.45) is 7.05 Å². The second kappa shape index (κ2) is 12.3. The zero-order valence-electron chi connectivity index (χ0n) is 20.4. The van der Waals surface area contributed by atoms with Gasteiger partial charge < -0.3 is 19.3 Å². The highest BCUT2D eigenvalue weighted by Gasteiger charge is 2.26. The number of nitrogens with zero attached hydrogens (tertiary/aromatic N) is 3. The summed E-state index contributed by atoms with van der Waals surface area (Å²) in [6.07, 6.45) is 1.50. The van der Waals surface area contributed by atoms with E-state index in [-0.39, 0.29) is 18.5 Å². The van der Waals surface area contributed by atoms with Gasteiger partial charge >= 0.3 is 0 Å². The van der Waals surface area contributed by atoms with Gasteiger partial charge in [-0.1, -0.05) is 36.4 Å². The van der Waals surface area contributed by atoms with Crippen molar-refractivity contribution in [3.8, 4) is 22.9 Å². The first kappa shape index (κ1) is 25.3. The van der Waals surface area contributed by atoms with E-state index < -0.39 is 6.10 Å². The van der Waals surface area contributed by atoms with E-state index in [0.717, 1.165) is 36.3 Å². The number of ether oxygens (including phenoxy) is 3. The monoisotopic (exact) mass is 483 g/mol. The van der Waals surface area contributed by atoms with Gasteiger partial charge in [0.05, 0.1) is 24.4 Å². The van der Waals surface area contributed by atoms with Gasteiger partial charge in [-0.05, 0) is 31.9 Å². The summed E-state index contributed by atoms with van der Waals surface area (Å²) in [5.74, 6) is 0.565. The van der Waals surface area contributed by atoms with E-state index in [1.54, 1.807) is 16.8 Å². The Kier molecular flexibility index (Phi) is 8.87. The highest BCUT2D eigenvalue weighted by atomic mass is 19.1. The maximum Gasteiger partial charge on any atom is 0.222 e. The zero-order valence-corrected chi connectivity index (χ0v) is 20.4. The summed E-state index contributed by atoms with van der Waals surface area (Å²) in [6.45, 7) is 5.06. The quantitative estimate of drug-likeness (QED) is 0.412. The van der Waals surface area contributed by atoms with Gasteiger partial charge in [-0.15, -0.1) is 0 Å². The molecule has 2 heterocycles. The molecule has 1 aromatic heterocycles. The third kappa shape index (κ3) is 6.89. The van der Waals surface area contributed by atoms with Crippen LogP contribution in [0.25, 0.3) is 11.3 Å². The average molecular weight is 484 g/mol. The molecule has 0 radical (unpaired) electrons. The Hall–Kier alpha value is -2.78. The van der Waals surface area contributed by atoms with E-state index in [9.17, 15) is 9.50 Å². The van der Waals surface area contributed by atoms with Gasteiger partial charge in [0.15, 0.2) is 0 Å². The molecular formula is C27H34FN3O4. The second-order valence-electron chi connectivity index (χ2n) is 8.82. The van der Waals surface area contributed by atoms with Crippen LogP contribution in [0.3, 0.4) is 0 Å². The summed E-state index contributed by atoms with van der Waals surface area (Å²) >= 11 is 0. The van der Waals surface area contributed by atoms with Crippen molar-refractivity contribution in [2.45, 2.75) is 38.5 Å². The maximum absolute atomic E-state index is 13.9. The smallest absolute Gasteiger partial charge is 0.222 e. The molecule has 0 bridgehead atoms. The largest absolute Gasteiger partial charge is 0.439 e. The van der Waals surface area contributed by atoms with E-state index in [2.05, 4.69) is 4.90 Å². The Labute approximate surface area is 206 Å². The Bertz CT molecular complexity index is 1070. The number of halogens is 1. The van der Waals surface area contributed by atoms with Gasteiger partial charge in [-0.2, -0.15) is 5.10 Å². The molecule has 1 aliphatic heterocycles. The molecule has 7 nitrogen and oxygen atoms in total. The minimum absolute atomic E-state index is 0.110. The van der Waals surface area contributed by atoms with Crippen LogP contribution in [-0.2, 0) is 23.1 Å². The van der Waals surface area contributed by atoms with Crippen LogP contribution in [0.1, 0.15) is 25.3 Å². The molecule has 1 fully saturated rings. The van der Waals surface area contributed by atoms with Crippen molar-refractivity contribution in [3.63, 3.8) is 0 Å². The molecule has 1 N–H and O–H groups in total. The first-order valence-corrected chi connectivity index (χ1v) is 12.2. The van der Waals surface area contributed by atoms with Crippen molar-refractivity contribution in [1.29, 1.82) is 0 Å². The molecule has 0 saturated carbocycles. The lowest BCUT2D eigenvalue weighted by Gasteiger charge is -2.27. The van der Waals surface area contributed by atoms with E-state index in [1.807, 2.05) is 44.3 Å². The van der Waals surface area contributed by atoms with Crippen molar-refractivity contribution >= 4 is 0 Å². The number of hydrogen-bond acceptors (Lipinski definition) is 6. The molecular weight excluding hydrogens is 449 g/mol. The third-order valence-corrected chi connectivity index (χ3v) is 6.00. The zero-order chi connectivity index (χ0) is 24.6. The summed E-state index contributed by atoms with van der Waals surface area (Å²) in [7, 11) is 1.82. The number of hydrogen-bond donors (Lipinski definition) is 1. The summed E-state index contributed by atoms with van der Waals surface area (Å²) in [5, 5.41) is 15.4. The normalized spacial score (nSPS) is 16.7. The fraction of sp³-hybridized carbons (Fsp3) is 0.444. The molecule has 8 heteroatoms. The second-order valence-corrected chi connectivity index (χ2v) is 8.82. The SMILES string of the molecule is CCOC[C@@H](O)CN(Cc1c(-c2ccccc2)nn(C)c1Oc1cccc(F)c1)C[C@@H]1CCCO1. The first-order chi connectivity index (χ1) is 17.0. The number of aromatic nitrogens is 2. The topological polar surface area (TPSA) is 69.0 Å². The van der Waals surface area contributed by atoms with Gasteiger partial charge in [0, 0.05) is 51.5 Å². The summed E-state index contributed by atoms with van der Waals surface area (Å²) in [6, 6.07) is 16.0. The van der Waals surface area contributed by atoms with Crippen LogP contribution in [-0.4, -0.2) is 64.9 Å². The number of rotatable bonds is 12. The van der Waals surface area contributed by atoms with Crippen LogP contribution in [0.4, 0.5) is 4.39 Å². The van der Waals surface area contributed by atoms with Gasteiger partial charge in [0.1, 0.15) is 17.3 Å². The molecule has 2 aromatic carbocycles. The number of aryl methyl sites for hydroxylation is 1. The molecule has 0 unspecified atom stereocenters. The molecule has 0 amide bonds. The maximum atomic E-state index is 13.9. The lowest BCUT2D eigenvalue weighted by molar-refractivity contribution is 0.00505. The summed E-state index contributed by atoms with van der Waals surface area (Å²) in [5.41, 5.74) is 2.61. The van der Waals surface area contributed by atoms with E-state index >= 15 is 0 Å². The van der Waals surface area contributed by atoms with Crippen LogP contribution in [0.15, 0.2) is 54.6 Å². The van der Waals surface area contributed by atoms with Gasteiger partial charge in [-0.3, -0.25) is 4.90 Å². The van der Waals surface area contributed by atoms with Crippen molar-refractivity contribution < 1.29 is 23.7 Å². The Morgan fingerprint density at radius 3 is 2.77 bits per heavy atom. The number of aliphatic hydroxyl groups excluding tert-OH is 1. The van der Waals surface area contributed by atoms with Crippen molar-refractivity contribution in [1.82, 2.24) is 14.7 Å². The minimum atomic E-state index is -0.638. The van der Waals surface area contributed by atoms with E-state index in [0.29, 0.717) is 37.9 Å². The Morgan fingerprint density at radius 1 is 1.23 bits per heavy atom. The third-order valence-electron chi connectivity index (χ3n) is 6.00. The molecule has 4 rings (SSSR count). The van der Waals surface area contributed by atoms with Crippen molar-refractivity contribution in [3.05, 3.63) is 66.0 Å². The predicted molar refractivity (Wildman–Crippen MR) is 132 cm³/mol. The lowest BCUT2D eigenvalue weighted by Crippen LogP contribution is -2.39. The Balaban J connectivity index is 1.67. The van der Waals surface area contributed by atoms with Crippen LogP contribution in [0, 0.1) is 5.82 Å². The Morgan fingerprint density at radius 2 is 2.06 bits per heavy atom. The number of aliphatic hydroxyl groups is 1. The lowest BCUT2D eigenvalue weighted by atomic mass is 10.1. The molecule has 2 atom stereocenters. The number of benzene rings is 2. The first-order valence-electron chi connectivity index (χ1n) is 12.2. The minimum Gasteiger partial charge on any atom is -0.439 e. The van der Waals surface area contributed by atoms with Crippen LogP contribution < -0.4 is 4.74 Å². The van der Waals surface area contributed by atoms with Crippen LogP contribution in [0.5, 0.6) is 11.6 Å². The van der Waals surface area contributed by atoms with E-state index in [1.165, 1.54) is 12.1 Å². The molecule has 1 aliphatic rings. The summed E-state index contributed by atoms with van der Waals surface area (Å²) in [4.78, 5) is 2.17. The molecule has 0 aliphatic carbocycles. The molecule has 188 valence electrons. The van der Waals surface area contributed by atoms with Gasteiger partial charge in [-0.25, -0.2) is 9.07 Å². The average Bonchev–Trinajstić information content (AvgIpc) is 3.47. The standard InChI is InChI=1S/C27H34FN3O4/c1-3-33-19-22(32)16-31(17-24-13-8-14-34-24)18-25-26(20-9-5-4-6-10-20)29-30(2)27(25)35-23-12-7-11-21(28)15-23/h4-7,9-12,15,22,24,32H,3,8,13-14,16-19H2,1-2H3/t22-,24-/m0/s1. The van der Waals surface area contributed by atoms with Crippen LogP contribution >= 0.6 is 0 Å². The highest BCUT2D eigenvalue weighted by Crippen LogP contribution is 2.34. The molecule has 35 heavy (non-hydrogen) atoms. The highest BCUT2D eigenvalue weighted by molar-refractivity contribution is 5.65. The van der Waals surface area contributed by atoms with Gasteiger partial charge in [0.2, 0.25) is 5.88 Å².